The zero-order chi connectivity index (χ0) is 22.9. The Morgan fingerprint density at radius 1 is 1.27 bits per heavy atom. The van der Waals surface area contributed by atoms with Crippen molar-refractivity contribution >= 4 is 29.1 Å². The Morgan fingerprint density at radius 2 is 2.15 bits per heavy atom. The molecule has 1 aliphatic heterocycles. The van der Waals surface area contributed by atoms with Crippen LogP contribution >= 0.6 is 11.3 Å². The van der Waals surface area contributed by atoms with E-state index in [1.807, 2.05) is 18.2 Å². The van der Waals surface area contributed by atoms with E-state index in [1.165, 1.54) is 11.3 Å². The predicted molar refractivity (Wildman–Crippen MR) is 119 cm³/mol. The number of ether oxygens (including phenoxy) is 2. The summed E-state index contributed by atoms with van der Waals surface area (Å²) in [6.07, 6.45) is 5.42. The van der Waals surface area contributed by atoms with Crippen molar-refractivity contribution in [3.63, 3.8) is 0 Å². The molecule has 0 saturated carbocycles. The number of nitrogens with one attached hydrogen (secondary N) is 1. The first kappa shape index (κ1) is 20.8. The number of hydrogen-bond donors (Lipinski definition) is 1. The minimum Gasteiger partial charge on any atom is -0.427 e. The van der Waals surface area contributed by atoms with Crippen LogP contribution < -0.4 is 5.32 Å². The monoisotopic (exact) mass is 465 g/mol. The van der Waals surface area contributed by atoms with E-state index in [4.69, 9.17) is 9.47 Å². The summed E-state index contributed by atoms with van der Waals surface area (Å²) in [6, 6.07) is 5.51. The number of nitrogens with zero attached hydrogens (tertiary/aromatic N) is 6. The Morgan fingerprint density at radius 3 is 2.91 bits per heavy atom. The second-order valence-electron chi connectivity index (χ2n) is 7.45. The fraction of sp³-hybridized carbons (Fsp3) is 0.238. The van der Waals surface area contributed by atoms with E-state index in [9.17, 15) is 9.59 Å². The Bertz CT molecular complexity index is 1310. The van der Waals surface area contributed by atoms with Crippen LogP contribution in [-0.4, -0.2) is 53.8 Å². The van der Waals surface area contributed by atoms with Gasteiger partial charge in [-0.2, -0.15) is 10.2 Å². The van der Waals surface area contributed by atoms with Gasteiger partial charge in [-0.25, -0.2) is 9.78 Å². The molecule has 2 unspecified atom stereocenters. The lowest BCUT2D eigenvalue weighted by Crippen LogP contribution is -2.25. The highest BCUT2D eigenvalue weighted by molar-refractivity contribution is 7.13. The number of carbonyl (C=O) groups excluding carboxylic acids is 2. The van der Waals surface area contributed by atoms with E-state index in [2.05, 4.69) is 25.5 Å². The quantitative estimate of drug-likeness (QED) is 0.431. The van der Waals surface area contributed by atoms with E-state index < -0.39 is 12.3 Å². The number of aryl methyl sites for hydroxylation is 1. The van der Waals surface area contributed by atoms with Crippen molar-refractivity contribution in [3.8, 4) is 22.0 Å². The Balaban J connectivity index is 1.29. The van der Waals surface area contributed by atoms with Gasteiger partial charge in [0.15, 0.2) is 6.10 Å². The van der Waals surface area contributed by atoms with Crippen LogP contribution in [0.5, 0.6) is 0 Å². The van der Waals surface area contributed by atoms with Crippen molar-refractivity contribution in [1.82, 2.24) is 29.5 Å². The predicted octanol–water partition coefficient (Wildman–Crippen LogP) is 2.98. The standard InChI is InChI=1S/C21H19N7O4S/c1-12-17(32-21(30)31-12)10-28-8-13(7-23-28)20-25-16(11-33-20)19(29)24-15-9-27(2)26-18(15)14-5-3-4-6-22-14/h3-9,11-12,17H,10H2,1-2H3,(H,24,29). The Labute approximate surface area is 192 Å². The lowest BCUT2D eigenvalue weighted by molar-refractivity contribution is 0.102. The molecule has 0 aromatic carbocycles. The smallest absolute Gasteiger partial charge is 0.427 e. The topological polar surface area (TPSA) is 126 Å². The molecule has 1 fully saturated rings. The Kier molecular flexibility index (Phi) is 5.34. The molecule has 5 heterocycles. The summed E-state index contributed by atoms with van der Waals surface area (Å²) >= 11 is 1.34. The number of thiazole rings is 1. The first-order chi connectivity index (χ1) is 16.0. The zero-order valence-corrected chi connectivity index (χ0v) is 18.5. The van der Waals surface area contributed by atoms with E-state index in [0.717, 1.165) is 5.56 Å². The highest BCUT2D eigenvalue weighted by atomic mass is 32.1. The number of pyridine rings is 1. The maximum atomic E-state index is 12.8. The minimum atomic E-state index is -0.671. The van der Waals surface area contributed by atoms with Crippen LogP contribution in [0, 0.1) is 0 Å². The third kappa shape index (κ3) is 4.32. The zero-order valence-electron chi connectivity index (χ0n) is 17.7. The van der Waals surface area contributed by atoms with Crippen molar-refractivity contribution < 1.29 is 19.1 Å². The summed E-state index contributed by atoms with van der Waals surface area (Å²) in [6.45, 7) is 2.14. The average molecular weight is 465 g/mol. The van der Waals surface area contributed by atoms with Crippen LogP contribution in [0.25, 0.3) is 22.0 Å². The van der Waals surface area contributed by atoms with Gasteiger partial charge < -0.3 is 14.8 Å². The maximum absolute atomic E-state index is 12.8. The van der Waals surface area contributed by atoms with E-state index in [0.29, 0.717) is 28.6 Å². The van der Waals surface area contributed by atoms with Gasteiger partial charge in [0.25, 0.3) is 5.91 Å². The largest absolute Gasteiger partial charge is 0.509 e. The lowest BCUT2D eigenvalue weighted by atomic mass is 10.2. The van der Waals surface area contributed by atoms with Crippen molar-refractivity contribution in [3.05, 3.63) is 54.1 Å². The normalized spacial score (nSPS) is 17.6. The van der Waals surface area contributed by atoms with Crippen molar-refractivity contribution in [2.75, 3.05) is 5.32 Å². The number of carbonyl (C=O) groups is 2. The molecule has 2 atom stereocenters. The summed E-state index contributed by atoms with van der Waals surface area (Å²) in [5, 5.41) is 13.9. The average Bonchev–Trinajstić information content (AvgIpc) is 3.57. The third-order valence-corrected chi connectivity index (χ3v) is 5.91. The summed E-state index contributed by atoms with van der Waals surface area (Å²) in [5.41, 5.74) is 2.82. The summed E-state index contributed by atoms with van der Waals surface area (Å²) in [4.78, 5) is 32.9. The van der Waals surface area contributed by atoms with Crippen LogP contribution in [-0.2, 0) is 23.1 Å². The minimum absolute atomic E-state index is 0.283. The summed E-state index contributed by atoms with van der Waals surface area (Å²) < 4.78 is 13.4. The molecule has 4 aromatic rings. The third-order valence-electron chi connectivity index (χ3n) is 5.02. The molecule has 0 bridgehead atoms. The van der Waals surface area contributed by atoms with Crippen LogP contribution in [0.2, 0.25) is 0 Å². The number of aromatic nitrogens is 6. The van der Waals surface area contributed by atoms with Gasteiger partial charge in [0.1, 0.15) is 22.5 Å². The summed E-state index contributed by atoms with van der Waals surface area (Å²) in [7, 11) is 1.78. The molecule has 5 rings (SSSR count). The molecule has 1 aliphatic rings. The van der Waals surface area contributed by atoms with E-state index >= 15 is 0 Å². The second kappa shape index (κ2) is 8.47. The number of rotatable bonds is 6. The van der Waals surface area contributed by atoms with Gasteiger partial charge in [-0.3, -0.25) is 19.1 Å². The van der Waals surface area contributed by atoms with E-state index in [1.54, 1.807) is 53.5 Å². The molecular weight excluding hydrogens is 446 g/mol. The molecule has 0 spiro atoms. The van der Waals surface area contributed by atoms with Gasteiger partial charge in [-0.1, -0.05) is 6.07 Å². The number of amides is 1. The first-order valence-corrected chi connectivity index (χ1v) is 11.0. The van der Waals surface area contributed by atoms with Gasteiger partial charge in [0.2, 0.25) is 0 Å². The lowest BCUT2D eigenvalue weighted by Gasteiger charge is -2.10. The molecule has 0 aliphatic carbocycles. The number of anilines is 1. The molecule has 33 heavy (non-hydrogen) atoms. The fourth-order valence-electron chi connectivity index (χ4n) is 3.39. The van der Waals surface area contributed by atoms with E-state index in [-0.39, 0.29) is 17.7 Å². The van der Waals surface area contributed by atoms with Crippen LogP contribution in [0.1, 0.15) is 17.4 Å². The Hall–Kier alpha value is -4.06. The molecule has 1 amide bonds. The fourth-order valence-corrected chi connectivity index (χ4v) is 4.16. The molecule has 1 N–H and O–H groups in total. The highest BCUT2D eigenvalue weighted by Gasteiger charge is 2.33. The molecule has 1 saturated heterocycles. The number of hydrogen-bond acceptors (Lipinski definition) is 9. The molecule has 168 valence electrons. The molecule has 12 heteroatoms. The summed E-state index contributed by atoms with van der Waals surface area (Å²) in [5.74, 6) is -0.348. The van der Waals surface area contributed by atoms with Gasteiger partial charge in [-0.05, 0) is 19.1 Å². The molecule has 4 aromatic heterocycles. The van der Waals surface area contributed by atoms with Gasteiger partial charge in [0, 0.05) is 36.6 Å². The second-order valence-corrected chi connectivity index (χ2v) is 8.31. The van der Waals surface area contributed by atoms with Crippen LogP contribution in [0.3, 0.4) is 0 Å². The SMILES string of the molecule is CC1OC(=O)OC1Cn1cc(-c2nc(C(=O)Nc3cn(C)nc3-c3ccccn3)cs2)cn1. The van der Waals surface area contributed by atoms with Crippen LogP contribution in [0.4, 0.5) is 10.5 Å². The van der Waals surface area contributed by atoms with Crippen molar-refractivity contribution in [2.45, 2.75) is 25.7 Å². The van der Waals surface area contributed by atoms with Gasteiger partial charge in [0.05, 0.1) is 24.1 Å². The highest BCUT2D eigenvalue weighted by Crippen LogP contribution is 2.27. The maximum Gasteiger partial charge on any atom is 0.509 e. The van der Waals surface area contributed by atoms with Gasteiger partial charge >= 0.3 is 6.16 Å². The van der Waals surface area contributed by atoms with Crippen molar-refractivity contribution in [2.24, 2.45) is 7.05 Å². The molecular formula is C21H19N7O4S. The molecule has 0 radical (unpaired) electrons. The molecule has 11 nitrogen and oxygen atoms in total. The van der Waals surface area contributed by atoms with Gasteiger partial charge in [-0.15, -0.1) is 11.3 Å². The van der Waals surface area contributed by atoms with Crippen molar-refractivity contribution in [1.29, 1.82) is 0 Å². The number of cyclic esters (lactones) is 2. The van der Waals surface area contributed by atoms with Crippen LogP contribution in [0.15, 0.2) is 48.4 Å². The first-order valence-electron chi connectivity index (χ1n) is 10.1.